The predicted molar refractivity (Wildman–Crippen MR) is 73.4 cm³/mol. The van der Waals surface area contributed by atoms with Crippen LogP contribution in [-0.4, -0.2) is 5.78 Å². The number of hydrogen-bond acceptors (Lipinski definition) is 1. The maximum absolute atomic E-state index is 12.6. The second-order valence-electron chi connectivity index (χ2n) is 5.18. The zero-order valence-corrected chi connectivity index (χ0v) is 10.6. The van der Waals surface area contributed by atoms with Crippen LogP contribution in [0, 0.1) is 0 Å². The van der Waals surface area contributed by atoms with E-state index in [0.717, 1.165) is 24.0 Å². The van der Waals surface area contributed by atoms with Gasteiger partial charge in [0.05, 0.1) is 5.92 Å². The van der Waals surface area contributed by atoms with Gasteiger partial charge in [-0.1, -0.05) is 48.9 Å². The van der Waals surface area contributed by atoms with Crippen LogP contribution in [0.4, 0.5) is 0 Å². The Hall–Kier alpha value is -1.63. The quantitative estimate of drug-likeness (QED) is 0.717. The van der Waals surface area contributed by atoms with Crippen molar-refractivity contribution in [1.82, 2.24) is 0 Å². The van der Waals surface area contributed by atoms with E-state index in [2.05, 4.69) is 24.3 Å². The fourth-order valence-electron chi connectivity index (χ4n) is 2.98. The van der Waals surface area contributed by atoms with Crippen molar-refractivity contribution >= 4 is 5.78 Å². The van der Waals surface area contributed by atoms with Crippen LogP contribution < -0.4 is 0 Å². The summed E-state index contributed by atoms with van der Waals surface area (Å²) in [5.41, 5.74) is 3.52. The van der Waals surface area contributed by atoms with Gasteiger partial charge in [-0.25, -0.2) is 0 Å². The minimum Gasteiger partial charge on any atom is -0.293 e. The summed E-state index contributed by atoms with van der Waals surface area (Å²) in [4.78, 5) is 12.6. The summed E-state index contributed by atoms with van der Waals surface area (Å²) in [5, 5.41) is 0. The Kier molecular flexibility index (Phi) is 3.14. The second kappa shape index (κ2) is 4.93. The Morgan fingerprint density at radius 1 is 0.944 bits per heavy atom. The van der Waals surface area contributed by atoms with Gasteiger partial charge in [-0.3, -0.25) is 4.79 Å². The summed E-state index contributed by atoms with van der Waals surface area (Å²) >= 11 is 0. The van der Waals surface area contributed by atoms with E-state index in [4.69, 9.17) is 0 Å². The molecule has 0 aromatic heterocycles. The number of allylic oxidation sites excluding steroid dienone is 4. The molecule has 2 aliphatic carbocycles. The standard InChI is InChI=1S/C17H18O/c18-17-15-10-6-2-5-9-14(15)11-12-16(17)13-7-3-1-4-8-13/h1,3-4,7-8,11-12,16H,2,5-6,9-10H2. The van der Waals surface area contributed by atoms with Gasteiger partial charge in [0, 0.05) is 0 Å². The number of hydrogen-bond donors (Lipinski definition) is 0. The second-order valence-corrected chi connectivity index (χ2v) is 5.18. The fourth-order valence-corrected chi connectivity index (χ4v) is 2.98. The van der Waals surface area contributed by atoms with Gasteiger partial charge in [0.2, 0.25) is 0 Å². The third-order valence-corrected chi connectivity index (χ3v) is 3.99. The molecule has 1 atom stereocenters. The van der Waals surface area contributed by atoms with Crippen molar-refractivity contribution in [3.63, 3.8) is 0 Å². The first-order valence-electron chi connectivity index (χ1n) is 6.85. The molecule has 18 heavy (non-hydrogen) atoms. The number of carbonyl (C=O) groups is 1. The van der Waals surface area contributed by atoms with E-state index in [1.807, 2.05) is 18.2 Å². The van der Waals surface area contributed by atoms with E-state index in [-0.39, 0.29) is 5.92 Å². The van der Waals surface area contributed by atoms with Crippen LogP contribution in [0.2, 0.25) is 0 Å². The zero-order chi connectivity index (χ0) is 12.4. The normalized spacial score (nSPS) is 23.8. The zero-order valence-electron chi connectivity index (χ0n) is 10.6. The van der Waals surface area contributed by atoms with Crippen molar-refractivity contribution in [2.75, 3.05) is 0 Å². The largest absolute Gasteiger partial charge is 0.293 e. The highest BCUT2D eigenvalue weighted by molar-refractivity contribution is 6.03. The molecule has 0 spiro atoms. The lowest BCUT2D eigenvalue weighted by molar-refractivity contribution is -0.116. The summed E-state index contributed by atoms with van der Waals surface area (Å²) in [6, 6.07) is 10.1. The van der Waals surface area contributed by atoms with Crippen molar-refractivity contribution in [2.24, 2.45) is 0 Å². The lowest BCUT2D eigenvalue weighted by Crippen LogP contribution is -2.17. The SMILES string of the molecule is O=C1C2=C(C=CC1c1ccccc1)CCCCC2. The highest BCUT2D eigenvalue weighted by Crippen LogP contribution is 2.34. The monoisotopic (exact) mass is 238 g/mol. The van der Waals surface area contributed by atoms with Gasteiger partial charge in [0.25, 0.3) is 0 Å². The maximum Gasteiger partial charge on any atom is 0.170 e. The predicted octanol–water partition coefficient (Wildman–Crippen LogP) is 4.17. The molecule has 1 aromatic carbocycles. The average Bonchev–Trinajstić information content (AvgIpc) is 2.66. The number of carbonyl (C=O) groups excluding carboxylic acids is 1. The number of rotatable bonds is 1. The van der Waals surface area contributed by atoms with Gasteiger partial charge >= 0.3 is 0 Å². The molecule has 2 aliphatic rings. The molecule has 0 bridgehead atoms. The summed E-state index contributed by atoms with van der Waals surface area (Å²) in [7, 11) is 0. The third-order valence-electron chi connectivity index (χ3n) is 3.99. The van der Waals surface area contributed by atoms with Crippen LogP contribution in [0.5, 0.6) is 0 Å². The molecule has 1 nitrogen and oxygen atoms in total. The highest BCUT2D eigenvalue weighted by Gasteiger charge is 2.27. The van der Waals surface area contributed by atoms with E-state index in [1.165, 1.54) is 24.8 Å². The van der Waals surface area contributed by atoms with Crippen LogP contribution in [-0.2, 0) is 4.79 Å². The van der Waals surface area contributed by atoms with Gasteiger partial charge in [0.15, 0.2) is 5.78 Å². The van der Waals surface area contributed by atoms with E-state index in [1.54, 1.807) is 0 Å². The molecule has 3 rings (SSSR count). The lowest BCUT2D eigenvalue weighted by atomic mass is 9.82. The summed E-state index contributed by atoms with van der Waals surface area (Å²) in [6.45, 7) is 0. The third kappa shape index (κ3) is 2.05. The van der Waals surface area contributed by atoms with Crippen LogP contribution in [0.1, 0.15) is 43.6 Å². The van der Waals surface area contributed by atoms with Crippen molar-refractivity contribution in [3.8, 4) is 0 Å². The van der Waals surface area contributed by atoms with E-state index in [9.17, 15) is 4.79 Å². The molecular weight excluding hydrogens is 220 g/mol. The first-order chi connectivity index (χ1) is 8.86. The molecule has 0 saturated carbocycles. The molecular formula is C17H18O. The smallest absolute Gasteiger partial charge is 0.170 e. The highest BCUT2D eigenvalue weighted by atomic mass is 16.1. The van der Waals surface area contributed by atoms with Gasteiger partial charge in [-0.2, -0.15) is 0 Å². The first kappa shape index (κ1) is 11.5. The molecule has 0 aliphatic heterocycles. The molecule has 1 aromatic rings. The van der Waals surface area contributed by atoms with Crippen molar-refractivity contribution in [2.45, 2.75) is 38.0 Å². The van der Waals surface area contributed by atoms with E-state index in [0.29, 0.717) is 5.78 Å². The summed E-state index contributed by atoms with van der Waals surface area (Å²) in [5.74, 6) is 0.281. The van der Waals surface area contributed by atoms with Gasteiger partial charge in [-0.05, 0) is 42.4 Å². The molecule has 0 heterocycles. The first-order valence-corrected chi connectivity index (χ1v) is 6.85. The summed E-state index contributed by atoms with van der Waals surface area (Å²) < 4.78 is 0. The van der Waals surface area contributed by atoms with Crippen LogP contribution >= 0.6 is 0 Å². The molecule has 1 unspecified atom stereocenters. The Labute approximate surface area is 108 Å². The molecule has 1 heteroatoms. The van der Waals surface area contributed by atoms with Crippen molar-refractivity contribution < 1.29 is 4.79 Å². The Balaban J connectivity index is 1.93. The number of Topliss-reactive ketones (excluding diaryl/α,β-unsaturated/α-hetero) is 1. The van der Waals surface area contributed by atoms with Crippen molar-refractivity contribution in [3.05, 3.63) is 59.2 Å². The molecule has 0 saturated heterocycles. The van der Waals surface area contributed by atoms with E-state index < -0.39 is 0 Å². The van der Waals surface area contributed by atoms with Crippen LogP contribution in [0.3, 0.4) is 0 Å². The van der Waals surface area contributed by atoms with Gasteiger partial charge < -0.3 is 0 Å². The Morgan fingerprint density at radius 3 is 2.56 bits per heavy atom. The van der Waals surface area contributed by atoms with E-state index >= 15 is 0 Å². The van der Waals surface area contributed by atoms with Gasteiger partial charge in [0.1, 0.15) is 0 Å². The summed E-state index contributed by atoms with van der Waals surface area (Å²) in [6.07, 6.45) is 9.99. The topological polar surface area (TPSA) is 17.1 Å². The Bertz CT molecular complexity index is 508. The fraction of sp³-hybridized carbons (Fsp3) is 0.353. The molecule has 0 N–H and O–H groups in total. The maximum atomic E-state index is 12.6. The minimum atomic E-state index is -0.0527. The molecule has 0 amide bonds. The molecule has 92 valence electrons. The Morgan fingerprint density at radius 2 is 1.72 bits per heavy atom. The van der Waals surface area contributed by atoms with Crippen molar-refractivity contribution in [1.29, 1.82) is 0 Å². The lowest BCUT2D eigenvalue weighted by Gasteiger charge is -2.20. The van der Waals surface area contributed by atoms with Crippen LogP contribution in [0.25, 0.3) is 0 Å². The van der Waals surface area contributed by atoms with Crippen LogP contribution in [0.15, 0.2) is 53.6 Å². The molecule has 0 radical (unpaired) electrons. The average molecular weight is 238 g/mol. The minimum absolute atomic E-state index is 0.0527. The molecule has 0 fully saturated rings. The number of ketones is 1. The number of benzene rings is 1. The van der Waals surface area contributed by atoms with Gasteiger partial charge in [-0.15, -0.1) is 0 Å².